The zero-order valence-corrected chi connectivity index (χ0v) is 10.5. The molecule has 1 atom stereocenters. The fourth-order valence-corrected chi connectivity index (χ4v) is 2.00. The number of hydrogen-bond acceptors (Lipinski definition) is 6. The number of nitrogens with one attached hydrogen (secondary N) is 2. The first-order valence-corrected chi connectivity index (χ1v) is 6.18. The van der Waals surface area contributed by atoms with Crippen LogP contribution in [0.4, 0.5) is 5.82 Å². The van der Waals surface area contributed by atoms with Crippen LogP contribution < -0.4 is 10.6 Å². The lowest BCUT2D eigenvalue weighted by molar-refractivity contribution is 0.0587. The molecule has 1 aliphatic heterocycles. The lowest BCUT2D eigenvalue weighted by Crippen LogP contribution is -2.22. The maximum absolute atomic E-state index is 11.3. The number of esters is 1. The molecule has 0 bridgehead atoms. The molecule has 0 aromatic carbocycles. The van der Waals surface area contributed by atoms with E-state index in [1.807, 2.05) is 0 Å². The SMILES string of the molecule is COC(=O)c1nccc(NC2CCCNCC2)n1. The minimum atomic E-state index is -0.513. The van der Waals surface area contributed by atoms with Crippen molar-refractivity contribution in [3.05, 3.63) is 18.1 Å². The summed E-state index contributed by atoms with van der Waals surface area (Å²) in [5.41, 5.74) is 0. The van der Waals surface area contributed by atoms with E-state index in [1.54, 1.807) is 12.3 Å². The van der Waals surface area contributed by atoms with Crippen molar-refractivity contribution in [1.82, 2.24) is 15.3 Å². The summed E-state index contributed by atoms with van der Waals surface area (Å²) < 4.78 is 4.60. The fraction of sp³-hybridized carbons (Fsp3) is 0.583. The molecule has 0 amide bonds. The number of carbonyl (C=O) groups excluding carboxylic acids is 1. The molecule has 1 saturated heterocycles. The Labute approximate surface area is 106 Å². The molecular formula is C12H18N4O2. The van der Waals surface area contributed by atoms with Gasteiger partial charge in [-0.2, -0.15) is 0 Å². The van der Waals surface area contributed by atoms with Crippen molar-refractivity contribution < 1.29 is 9.53 Å². The van der Waals surface area contributed by atoms with Crippen molar-refractivity contribution in [2.24, 2.45) is 0 Å². The highest BCUT2D eigenvalue weighted by Crippen LogP contribution is 2.12. The van der Waals surface area contributed by atoms with Crippen LogP contribution in [0.25, 0.3) is 0 Å². The van der Waals surface area contributed by atoms with Crippen LogP contribution in [0, 0.1) is 0 Å². The monoisotopic (exact) mass is 250 g/mol. The summed E-state index contributed by atoms with van der Waals surface area (Å²) in [7, 11) is 1.32. The second kappa shape index (κ2) is 6.30. The van der Waals surface area contributed by atoms with E-state index >= 15 is 0 Å². The Morgan fingerprint density at radius 3 is 3.22 bits per heavy atom. The van der Waals surface area contributed by atoms with Gasteiger partial charge in [-0.3, -0.25) is 0 Å². The van der Waals surface area contributed by atoms with E-state index in [4.69, 9.17) is 0 Å². The summed E-state index contributed by atoms with van der Waals surface area (Å²) in [6, 6.07) is 2.16. The second-order valence-corrected chi connectivity index (χ2v) is 4.28. The number of anilines is 1. The molecule has 18 heavy (non-hydrogen) atoms. The Kier molecular flexibility index (Phi) is 4.46. The highest BCUT2D eigenvalue weighted by molar-refractivity contribution is 5.85. The number of hydrogen-bond donors (Lipinski definition) is 2. The van der Waals surface area contributed by atoms with E-state index in [-0.39, 0.29) is 5.82 Å². The Morgan fingerprint density at radius 2 is 2.39 bits per heavy atom. The third kappa shape index (κ3) is 3.40. The van der Waals surface area contributed by atoms with Crippen LogP contribution in [0.15, 0.2) is 12.3 Å². The molecule has 1 aromatic rings. The number of nitrogens with zero attached hydrogens (tertiary/aromatic N) is 2. The van der Waals surface area contributed by atoms with Gasteiger partial charge < -0.3 is 15.4 Å². The van der Waals surface area contributed by atoms with E-state index in [9.17, 15) is 4.79 Å². The van der Waals surface area contributed by atoms with Gasteiger partial charge in [0.15, 0.2) is 0 Å². The van der Waals surface area contributed by atoms with Crippen molar-refractivity contribution in [3.63, 3.8) is 0 Å². The van der Waals surface area contributed by atoms with Gasteiger partial charge in [-0.1, -0.05) is 0 Å². The lowest BCUT2D eigenvalue weighted by atomic mass is 10.1. The molecule has 2 heterocycles. The van der Waals surface area contributed by atoms with E-state index < -0.39 is 5.97 Å². The third-order valence-corrected chi connectivity index (χ3v) is 2.95. The molecule has 0 spiro atoms. The minimum Gasteiger partial charge on any atom is -0.463 e. The number of aromatic nitrogens is 2. The highest BCUT2D eigenvalue weighted by Gasteiger charge is 2.14. The maximum Gasteiger partial charge on any atom is 0.376 e. The molecule has 2 rings (SSSR count). The first-order chi connectivity index (χ1) is 8.79. The molecule has 1 fully saturated rings. The summed E-state index contributed by atoms with van der Waals surface area (Å²) in [5.74, 6) is 0.257. The zero-order chi connectivity index (χ0) is 12.8. The van der Waals surface area contributed by atoms with Crippen LogP contribution in [0.1, 0.15) is 29.9 Å². The van der Waals surface area contributed by atoms with Crippen molar-refractivity contribution in [3.8, 4) is 0 Å². The summed E-state index contributed by atoms with van der Waals surface area (Å²) in [4.78, 5) is 19.4. The maximum atomic E-state index is 11.3. The van der Waals surface area contributed by atoms with Crippen molar-refractivity contribution in [2.45, 2.75) is 25.3 Å². The van der Waals surface area contributed by atoms with Crippen LogP contribution in [0.2, 0.25) is 0 Å². The Morgan fingerprint density at radius 1 is 1.50 bits per heavy atom. The first-order valence-electron chi connectivity index (χ1n) is 6.18. The van der Waals surface area contributed by atoms with Crippen molar-refractivity contribution in [2.75, 3.05) is 25.5 Å². The third-order valence-electron chi connectivity index (χ3n) is 2.95. The quantitative estimate of drug-likeness (QED) is 0.773. The van der Waals surface area contributed by atoms with Gasteiger partial charge in [-0.05, 0) is 38.4 Å². The van der Waals surface area contributed by atoms with E-state index in [0.29, 0.717) is 11.9 Å². The minimum absolute atomic E-state index is 0.0919. The molecule has 0 saturated carbocycles. The topological polar surface area (TPSA) is 76.1 Å². The van der Waals surface area contributed by atoms with Crippen LogP contribution >= 0.6 is 0 Å². The van der Waals surface area contributed by atoms with Gasteiger partial charge >= 0.3 is 5.97 Å². The normalized spacial score (nSPS) is 19.9. The average Bonchev–Trinajstić information content (AvgIpc) is 2.67. The predicted octanol–water partition coefficient (Wildman–Crippen LogP) is 0.817. The number of carbonyl (C=O) groups is 1. The van der Waals surface area contributed by atoms with E-state index in [0.717, 1.165) is 32.4 Å². The van der Waals surface area contributed by atoms with Gasteiger partial charge in [0.05, 0.1) is 7.11 Å². The van der Waals surface area contributed by atoms with Gasteiger partial charge in [0.2, 0.25) is 5.82 Å². The Bertz CT molecular complexity index is 403. The van der Waals surface area contributed by atoms with Gasteiger partial charge in [0.25, 0.3) is 0 Å². The van der Waals surface area contributed by atoms with Gasteiger partial charge in [0, 0.05) is 12.2 Å². The molecule has 98 valence electrons. The summed E-state index contributed by atoms with van der Waals surface area (Å²) in [6.45, 7) is 2.07. The number of rotatable bonds is 3. The average molecular weight is 250 g/mol. The standard InChI is InChI=1S/C12H18N4O2/c1-18-12(17)11-14-8-5-10(16-11)15-9-3-2-6-13-7-4-9/h5,8-9,13H,2-4,6-7H2,1H3,(H,14,15,16). The Hall–Kier alpha value is -1.69. The lowest BCUT2D eigenvalue weighted by Gasteiger charge is -2.16. The van der Waals surface area contributed by atoms with E-state index in [1.165, 1.54) is 7.11 Å². The number of ether oxygens (including phenoxy) is 1. The molecule has 6 heteroatoms. The molecule has 1 unspecified atom stereocenters. The van der Waals surface area contributed by atoms with Crippen LogP contribution in [0.3, 0.4) is 0 Å². The Balaban J connectivity index is 2.01. The van der Waals surface area contributed by atoms with Crippen LogP contribution in [0.5, 0.6) is 0 Å². The molecule has 1 aliphatic rings. The predicted molar refractivity (Wildman–Crippen MR) is 67.5 cm³/mol. The molecule has 1 aromatic heterocycles. The molecule has 6 nitrogen and oxygen atoms in total. The first kappa shape index (κ1) is 12.8. The zero-order valence-electron chi connectivity index (χ0n) is 10.5. The largest absolute Gasteiger partial charge is 0.463 e. The van der Waals surface area contributed by atoms with Crippen molar-refractivity contribution in [1.29, 1.82) is 0 Å². The molecule has 2 N–H and O–H groups in total. The molecule has 0 radical (unpaired) electrons. The van der Waals surface area contributed by atoms with Crippen LogP contribution in [-0.2, 0) is 4.74 Å². The highest BCUT2D eigenvalue weighted by atomic mass is 16.5. The molecular weight excluding hydrogens is 232 g/mol. The van der Waals surface area contributed by atoms with E-state index in [2.05, 4.69) is 25.3 Å². The van der Waals surface area contributed by atoms with Crippen molar-refractivity contribution >= 4 is 11.8 Å². The fourth-order valence-electron chi connectivity index (χ4n) is 2.00. The number of methoxy groups -OCH3 is 1. The van der Waals surface area contributed by atoms with Gasteiger partial charge in [0.1, 0.15) is 5.82 Å². The van der Waals surface area contributed by atoms with Crippen LogP contribution in [-0.4, -0.2) is 42.2 Å². The molecule has 0 aliphatic carbocycles. The summed E-state index contributed by atoms with van der Waals surface area (Å²) in [6.07, 6.45) is 4.87. The van der Waals surface area contributed by atoms with Gasteiger partial charge in [-0.25, -0.2) is 14.8 Å². The van der Waals surface area contributed by atoms with Gasteiger partial charge in [-0.15, -0.1) is 0 Å². The summed E-state index contributed by atoms with van der Waals surface area (Å²) in [5, 5.41) is 6.70. The smallest absolute Gasteiger partial charge is 0.376 e. The summed E-state index contributed by atoms with van der Waals surface area (Å²) >= 11 is 0. The second-order valence-electron chi connectivity index (χ2n) is 4.28.